The lowest BCUT2D eigenvalue weighted by Crippen LogP contribution is -2.12. The number of hydrogen-bond acceptors (Lipinski definition) is 2. The van der Waals surface area contributed by atoms with Gasteiger partial charge in [0.1, 0.15) is 5.75 Å². The Labute approximate surface area is 132 Å². The van der Waals surface area contributed by atoms with Crippen LogP contribution in [0.15, 0.2) is 48.5 Å². The van der Waals surface area contributed by atoms with Crippen molar-refractivity contribution >= 4 is 11.6 Å². The molecule has 0 aromatic heterocycles. The van der Waals surface area contributed by atoms with E-state index in [1.165, 1.54) is 0 Å². The highest BCUT2D eigenvalue weighted by atomic mass is 16.5. The number of amides is 1. The van der Waals surface area contributed by atoms with Crippen LogP contribution in [0.25, 0.3) is 0 Å². The molecule has 0 aliphatic rings. The van der Waals surface area contributed by atoms with Crippen molar-refractivity contribution in [3.63, 3.8) is 0 Å². The van der Waals surface area contributed by atoms with Crippen LogP contribution in [0.1, 0.15) is 36.2 Å². The Balaban J connectivity index is 1.95. The molecule has 0 spiro atoms. The molecule has 22 heavy (non-hydrogen) atoms. The van der Waals surface area contributed by atoms with Crippen molar-refractivity contribution in [2.24, 2.45) is 5.92 Å². The van der Waals surface area contributed by atoms with Gasteiger partial charge in [0, 0.05) is 11.3 Å². The van der Waals surface area contributed by atoms with Gasteiger partial charge in [-0.2, -0.15) is 0 Å². The number of ether oxygens (including phenoxy) is 1. The summed E-state index contributed by atoms with van der Waals surface area (Å²) in [5.41, 5.74) is 2.51. The van der Waals surface area contributed by atoms with E-state index in [2.05, 4.69) is 19.2 Å². The molecule has 0 heterocycles. The van der Waals surface area contributed by atoms with Gasteiger partial charge < -0.3 is 10.1 Å². The van der Waals surface area contributed by atoms with Crippen LogP contribution >= 0.6 is 0 Å². The van der Waals surface area contributed by atoms with Crippen LogP contribution in [0.4, 0.5) is 5.69 Å². The second kappa shape index (κ2) is 7.64. The van der Waals surface area contributed by atoms with Gasteiger partial charge in [-0.15, -0.1) is 0 Å². The number of nitrogens with one attached hydrogen (secondary N) is 1. The van der Waals surface area contributed by atoms with Crippen molar-refractivity contribution in [2.75, 3.05) is 11.9 Å². The fraction of sp³-hybridized carbons (Fsp3) is 0.316. The maximum Gasteiger partial charge on any atom is 0.255 e. The highest BCUT2D eigenvalue weighted by molar-refractivity contribution is 6.04. The van der Waals surface area contributed by atoms with Crippen molar-refractivity contribution in [1.82, 2.24) is 0 Å². The molecule has 0 aliphatic carbocycles. The Bertz CT molecular complexity index is 618. The summed E-state index contributed by atoms with van der Waals surface area (Å²) in [5.74, 6) is 1.32. The first kappa shape index (κ1) is 16.1. The van der Waals surface area contributed by atoms with Gasteiger partial charge >= 0.3 is 0 Å². The first-order chi connectivity index (χ1) is 10.6. The highest BCUT2D eigenvalue weighted by Crippen LogP contribution is 2.17. The predicted molar refractivity (Wildman–Crippen MR) is 90.5 cm³/mol. The summed E-state index contributed by atoms with van der Waals surface area (Å²) < 4.78 is 5.66. The third kappa shape index (κ3) is 4.62. The SMILES string of the molecule is Cc1ccccc1NC(=O)c1ccc(OCCC(C)C)cc1. The summed E-state index contributed by atoms with van der Waals surface area (Å²) in [6, 6.07) is 15.0. The lowest BCUT2D eigenvalue weighted by atomic mass is 10.1. The molecular weight excluding hydrogens is 274 g/mol. The van der Waals surface area contributed by atoms with Gasteiger partial charge in [-0.1, -0.05) is 32.0 Å². The van der Waals surface area contributed by atoms with Gasteiger partial charge in [0.05, 0.1) is 6.61 Å². The Morgan fingerprint density at radius 2 is 1.77 bits per heavy atom. The van der Waals surface area contributed by atoms with E-state index in [4.69, 9.17) is 4.74 Å². The summed E-state index contributed by atoms with van der Waals surface area (Å²) in [6.45, 7) is 7.01. The Hall–Kier alpha value is -2.29. The molecule has 0 saturated carbocycles. The zero-order valence-electron chi connectivity index (χ0n) is 13.4. The number of rotatable bonds is 6. The number of carbonyl (C=O) groups is 1. The Morgan fingerprint density at radius 3 is 2.41 bits per heavy atom. The van der Waals surface area contributed by atoms with Crippen molar-refractivity contribution < 1.29 is 9.53 Å². The zero-order chi connectivity index (χ0) is 15.9. The van der Waals surface area contributed by atoms with Crippen LogP contribution in [-0.4, -0.2) is 12.5 Å². The van der Waals surface area contributed by atoms with E-state index in [-0.39, 0.29) is 5.91 Å². The summed E-state index contributed by atoms with van der Waals surface area (Å²) in [4.78, 5) is 12.2. The van der Waals surface area contributed by atoms with Gasteiger partial charge in [0.25, 0.3) is 5.91 Å². The molecule has 2 aromatic carbocycles. The zero-order valence-corrected chi connectivity index (χ0v) is 13.4. The molecule has 0 radical (unpaired) electrons. The van der Waals surface area contributed by atoms with Crippen LogP contribution in [0.5, 0.6) is 5.75 Å². The summed E-state index contributed by atoms with van der Waals surface area (Å²) in [7, 11) is 0. The van der Waals surface area contributed by atoms with Crippen molar-refractivity contribution in [3.05, 3.63) is 59.7 Å². The Morgan fingerprint density at radius 1 is 1.09 bits per heavy atom. The highest BCUT2D eigenvalue weighted by Gasteiger charge is 2.07. The van der Waals surface area contributed by atoms with Gasteiger partial charge in [-0.25, -0.2) is 0 Å². The average Bonchev–Trinajstić information content (AvgIpc) is 2.50. The third-order valence-electron chi connectivity index (χ3n) is 3.47. The molecule has 0 unspecified atom stereocenters. The standard InChI is InChI=1S/C19H23NO2/c1-14(2)12-13-22-17-10-8-16(9-11-17)19(21)20-18-7-5-4-6-15(18)3/h4-11,14H,12-13H2,1-3H3,(H,20,21). The number of benzene rings is 2. The smallest absolute Gasteiger partial charge is 0.255 e. The van der Waals surface area contributed by atoms with Crippen molar-refractivity contribution in [1.29, 1.82) is 0 Å². The van der Waals surface area contributed by atoms with Crippen LogP contribution in [0, 0.1) is 12.8 Å². The summed E-state index contributed by atoms with van der Waals surface area (Å²) in [5, 5.41) is 2.92. The van der Waals surface area contributed by atoms with E-state index in [1.807, 2.05) is 43.3 Å². The quantitative estimate of drug-likeness (QED) is 0.841. The molecule has 0 bridgehead atoms. The van der Waals surface area contributed by atoms with Gasteiger partial charge in [0.2, 0.25) is 0 Å². The van der Waals surface area contributed by atoms with E-state index < -0.39 is 0 Å². The normalized spacial score (nSPS) is 10.5. The maximum absolute atomic E-state index is 12.2. The fourth-order valence-electron chi connectivity index (χ4n) is 2.02. The largest absolute Gasteiger partial charge is 0.494 e. The van der Waals surface area contributed by atoms with Crippen LogP contribution < -0.4 is 10.1 Å². The first-order valence-corrected chi connectivity index (χ1v) is 7.66. The molecule has 1 amide bonds. The molecular formula is C19H23NO2. The number of anilines is 1. The number of carbonyl (C=O) groups excluding carboxylic acids is 1. The topological polar surface area (TPSA) is 38.3 Å². The third-order valence-corrected chi connectivity index (χ3v) is 3.47. The first-order valence-electron chi connectivity index (χ1n) is 7.66. The van der Waals surface area contributed by atoms with E-state index in [0.29, 0.717) is 18.1 Å². The maximum atomic E-state index is 12.2. The summed E-state index contributed by atoms with van der Waals surface area (Å²) in [6.07, 6.45) is 1.02. The minimum Gasteiger partial charge on any atom is -0.494 e. The molecule has 0 saturated heterocycles. The number of para-hydroxylation sites is 1. The molecule has 0 fully saturated rings. The molecule has 3 nitrogen and oxygen atoms in total. The number of aryl methyl sites for hydroxylation is 1. The van der Waals surface area contributed by atoms with E-state index in [0.717, 1.165) is 23.4 Å². The van der Waals surface area contributed by atoms with E-state index in [9.17, 15) is 4.79 Å². The van der Waals surface area contributed by atoms with Crippen LogP contribution in [0.2, 0.25) is 0 Å². The Kier molecular flexibility index (Phi) is 5.59. The van der Waals surface area contributed by atoms with Gasteiger partial charge in [-0.05, 0) is 55.2 Å². The van der Waals surface area contributed by atoms with Crippen molar-refractivity contribution in [2.45, 2.75) is 27.2 Å². The van der Waals surface area contributed by atoms with Gasteiger partial charge in [0.15, 0.2) is 0 Å². The second-order valence-electron chi connectivity index (χ2n) is 5.82. The molecule has 116 valence electrons. The van der Waals surface area contributed by atoms with E-state index >= 15 is 0 Å². The monoisotopic (exact) mass is 297 g/mol. The molecule has 2 rings (SSSR count). The average molecular weight is 297 g/mol. The minimum atomic E-state index is -0.108. The lowest BCUT2D eigenvalue weighted by Gasteiger charge is -2.10. The molecule has 0 atom stereocenters. The second-order valence-corrected chi connectivity index (χ2v) is 5.82. The van der Waals surface area contributed by atoms with Crippen LogP contribution in [0.3, 0.4) is 0 Å². The molecule has 0 aliphatic heterocycles. The molecule has 1 N–H and O–H groups in total. The lowest BCUT2D eigenvalue weighted by molar-refractivity contribution is 0.102. The minimum absolute atomic E-state index is 0.108. The molecule has 3 heteroatoms. The fourth-order valence-corrected chi connectivity index (χ4v) is 2.02. The van der Waals surface area contributed by atoms with Crippen LogP contribution in [-0.2, 0) is 0 Å². The van der Waals surface area contributed by atoms with E-state index in [1.54, 1.807) is 12.1 Å². The molecule has 2 aromatic rings. The summed E-state index contributed by atoms with van der Waals surface area (Å²) >= 11 is 0. The van der Waals surface area contributed by atoms with Gasteiger partial charge in [-0.3, -0.25) is 4.79 Å². The van der Waals surface area contributed by atoms with Crippen molar-refractivity contribution in [3.8, 4) is 5.75 Å². The predicted octanol–water partition coefficient (Wildman–Crippen LogP) is 4.67. The number of hydrogen-bond donors (Lipinski definition) is 1.